The number of ether oxygens (including phenoxy) is 1. The molecule has 0 bridgehead atoms. The molecular formula is C26H22F4N4O7. The van der Waals surface area contributed by atoms with Gasteiger partial charge < -0.3 is 25.0 Å². The lowest BCUT2D eigenvalue weighted by molar-refractivity contribution is -0.140. The Hall–Kier alpha value is -5.08. The Labute approximate surface area is 228 Å². The monoisotopic (exact) mass is 578 g/mol. The molecule has 3 rings (SSSR count). The summed E-state index contributed by atoms with van der Waals surface area (Å²) in [4.78, 5) is 66.4. The van der Waals surface area contributed by atoms with Gasteiger partial charge in [0.25, 0.3) is 11.5 Å². The fourth-order valence-corrected chi connectivity index (χ4v) is 3.66. The van der Waals surface area contributed by atoms with Crippen LogP contribution in [0.1, 0.15) is 36.2 Å². The number of ketones is 1. The van der Waals surface area contributed by atoms with Crippen molar-refractivity contribution in [2.45, 2.75) is 31.8 Å². The number of hydrogen-bond acceptors (Lipinski definition) is 7. The van der Waals surface area contributed by atoms with E-state index in [9.17, 15) is 46.6 Å². The molecule has 2 amide bonds. The van der Waals surface area contributed by atoms with Gasteiger partial charge in [0.15, 0.2) is 23.2 Å². The van der Waals surface area contributed by atoms with Crippen molar-refractivity contribution in [3.8, 4) is 5.75 Å². The number of Topliss-reactive ketones (excluding diaryl/α,β-unsaturated/α-hetero) is 1. The van der Waals surface area contributed by atoms with Crippen LogP contribution in [0.3, 0.4) is 0 Å². The van der Waals surface area contributed by atoms with Crippen LogP contribution in [0.4, 0.5) is 23.2 Å². The minimum absolute atomic E-state index is 0.0325. The van der Waals surface area contributed by atoms with Gasteiger partial charge in [-0.2, -0.15) is 8.78 Å². The highest BCUT2D eigenvalue weighted by atomic mass is 19.2. The molecule has 0 saturated heterocycles. The van der Waals surface area contributed by atoms with Crippen LogP contribution in [-0.4, -0.2) is 50.9 Å². The number of nitrogens with one attached hydrogen (secondary N) is 2. The largest absolute Gasteiger partial charge is 0.481 e. The van der Waals surface area contributed by atoms with Crippen LogP contribution >= 0.6 is 0 Å². The van der Waals surface area contributed by atoms with Crippen molar-refractivity contribution in [2.75, 3.05) is 11.9 Å². The molecule has 2 atom stereocenters. The third-order valence-electron chi connectivity index (χ3n) is 5.69. The van der Waals surface area contributed by atoms with E-state index in [0.717, 1.165) is 4.57 Å². The number of carbonyl (C=O) groups excluding carboxylic acids is 3. The maximum atomic E-state index is 13.9. The third-order valence-corrected chi connectivity index (χ3v) is 5.69. The van der Waals surface area contributed by atoms with Gasteiger partial charge in [-0.05, 0) is 30.7 Å². The number of amides is 2. The summed E-state index contributed by atoms with van der Waals surface area (Å²) in [5.41, 5.74) is -0.828. The Bertz CT molecular complexity index is 1510. The highest BCUT2D eigenvalue weighted by Crippen LogP contribution is 2.26. The fourth-order valence-electron chi connectivity index (χ4n) is 3.66. The molecule has 0 aliphatic carbocycles. The van der Waals surface area contributed by atoms with Crippen LogP contribution in [0.25, 0.3) is 0 Å². The molecule has 1 aromatic carbocycles. The third kappa shape index (κ3) is 7.32. The van der Waals surface area contributed by atoms with E-state index >= 15 is 0 Å². The number of halogens is 4. The number of rotatable bonds is 12. The van der Waals surface area contributed by atoms with Gasteiger partial charge in [0.1, 0.15) is 24.4 Å². The molecule has 0 spiro atoms. The quantitative estimate of drug-likeness (QED) is 0.219. The SMILES string of the molecule is CC[C@@H](C(=O)N[C@@H](CC(=O)O)C(=O)COc1c(F)c(F)cc(F)c1F)n1cccc(NC(=O)c2cccnc2)c1=O. The second kappa shape index (κ2) is 13.3. The summed E-state index contributed by atoms with van der Waals surface area (Å²) in [6.07, 6.45) is 2.92. The average molecular weight is 578 g/mol. The van der Waals surface area contributed by atoms with Gasteiger partial charge in [-0.1, -0.05) is 6.92 Å². The van der Waals surface area contributed by atoms with Crippen molar-refractivity contribution in [1.29, 1.82) is 0 Å². The van der Waals surface area contributed by atoms with E-state index in [-0.39, 0.29) is 23.7 Å². The lowest BCUT2D eigenvalue weighted by Crippen LogP contribution is -2.48. The van der Waals surface area contributed by atoms with Crippen molar-refractivity contribution in [1.82, 2.24) is 14.9 Å². The highest BCUT2D eigenvalue weighted by molar-refractivity contribution is 6.04. The van der Waals surface area contributed by atoms with Crippen LogP contribution in [0.5, 0.6) is 5.75 Å². The molecule has 0 aliphatic rings. The molecule has 0 aliphatic heterocycles. The molecule has 41 heavy (non-hydrogen) atoms. The average Bonchev–Trinajstić information content (AvgIpc) is 2.94. The van der Waals surface area contributed by atoms with Gasteiger partial charge >= 0.3 is 5.97 Å². The standard InChI is InChI=1S/C26H22F4N4O7/c1-2-18(34-8-4-6-16(26(34)40)32-24(38)13-5-3-7-31-11-13)25(39)33-17(10-20(36)37)19(35)12-41-23-21(29)14(27)9-15(28)22(23)30/h3-9,11,17-18H,2,10,12H2,1H3,(H,32,38)(H,33,39)(H,36,37)/t17-,18-/m0/s1. The number of carboxylic acids is 1. The number of aliphatic carboxylic acids is 1. The highest BCUT2D eigenvalue weighted by Gasteiger charge is 2.30. The Balaban J connectivity index is 1.79. The number of carboxylic acid groups (broad SMARTS) is 1. The van der Waals surface area contributed by atoms with Crippen LogP contribution < -0.4 is 20.9 Å². The molecule has 216 valence electrons. The van der Waals surface area contributed by atoms with Crippen molar-refractivity contribution in [3.05, 3.63) is 88.1 Å². The molecule has 0 saturated carbocycles. The summed E-state index contributed by atoms with van der Waals surface area (Å²) >= 11 is 0. The minimum atomic E-state index is -1.92. The lowest BCUT2D eigenvalue weighted by atomic mass is 10.1. The van der Waals surface area contributed by atoms with Crippen molar-refractivity contribution in [2.24, 2.45) is 0 Å². The number of hydrogen-bond donors (Lipinski definition) is 3. The Kier molecular flexibility index (Phi) is 9.90. The molecule has 0 fully saturated rings. The zero-order valence-electron chi connectivity index (χ0n) is 21.2. The predicted octanol–water partition coefficient (Wildman–Crippen LogP) is 2.61. The first-order valence-electron chi connectivity index (χ1n) is 11.9. The molecule has 11 nitrogen and oxygen atoms in total. The summed E-state index contributed by atoms with van der Waals surface area (Å²) in [7, 11) is 0. The molecular weight excluding hydrogens is 556 g/mol. The lowest BCUT2D eigenvalue weighted by Gasteiger charge is -2.22. The number of nitrogens with zero attached hydrogens (tertiary/aromatic N) is 2. The maximum absolute atomic E-state index is 13.9. The fraction of sp³-hybridized carbons (Fsp3) is 0.231. The molecule has 2 aromatic heterocycles. The van der Waals surface area contributed by atoms with Gasteiger partial charge in [-0.25, -0.2) is 8.78 Å². The molecule has 0 unspecified atom stereocenters. The number of benzene rings is 1. The summed E-state index contributed by atoms with van der Waals surface area (Å²) in [5, 5.41) is 13.8. The van der Waals surface area contributed by atoms with E-state index in [1.807, 2.05) is 0 Å². The first-order chi connectivity index (χ1) is 19.4. The number of aromatic nitrogens is 2. The van der Waals surface area contributed by atoms with Gasteiger partial charge in [0.2, 0.25) is 17.5 Å². The first kappa shape index (κ1) is 30.5. The number of anilines is 1. The predicted molar refractivity (Wildman–Crippen MR) is 133 cm³/mol. The van der Waals surface area contributed by atoms with E-state index in [1.54, 1.807) is 0 Å². The van der Waals surface area contributed by atoms with E-state index < -0.39 is 83.3 Å². The second-order valence-electron chi connectivity index (χ2n) is 8.47. The maximum Gasteiger partial charge on any atom is 0.305 e. The zero-order valence-corrected chi connectivity index (χ0v) is 21.2. The van der Waals surface area contributed by atoms with Crippen LogP contribution in [0.15, 0.2) is 53.7 Å². The number of pyridine rings is 2. The molecule has 15 heteroatoms. The van der Waals surface area contributed by atoms with E-state index in [1.165, 1.54) is 49.8 Å². The van der Waals surface area contributed by atoms with Gasteiger partial charge in [-0.3, -0.25) is 29.0 Å². The normalized spacial score (nSPS) is 12.2. The summed E-state index contributed by atoms with van der Waals surface area (Å²) in [6.45, 7) is 0.250. The van der Waals surface area contributed by atoms with Gasteiger partial charge in [0, 0.05) is 24.7 Å². The summed E-state index contributed by atoms with van der Waals surface area (Å²) in [6, 6.07) is 2.45. The topological polar surface area (TPSA) is 157 Å². The van der Waals surface area contributed by atoms with Crippen molar-refractivity contribution >= 4 is 29.3 Å². The molecule has 2 heterocycles. The van der Waals surface area contributed by atoms with E-state index in [0.29, 0.717) is 0 Å². The van der Waals surface area contributed by atoms with Crippen LogP contribution in [-0.2, 0) is 14.4 Å². The smallest absolute Gasteiger partial charge is 0.305 e. The summed E-state index contributed by atoms with van der Waals surface area (Å²) < 4.78 is 60.1. The van der Waals surface area contributed by atoms with Crippen molar-refractivity contribution in [3.63, 3.8) is 0 Å². The molecule has 3 N–H and O–H groups in total. The zero-order chi connectivity index (χ0) is 30.3. The van der Waals surface area contributed by atoms with E-state index in [4.69, 9.17) is 0 Å². The second-order valence-corrected chi connectivity index (χ2v) is 8.47. The minimum Gasteiger partial charge on any atom is -0.481 e. The Morgan fingerprint density at radius 3 is 2.34 bits per heavy atom. The van der Waals surface area contributed by atoms with Crippen LogP contribution in [0.2, 0.25) is 0 Å². The number of carbonyl (C=O) groups is 4. The molecule has 3 aromatic rings. The van der Waals surface area contributed by atoms with Gasteiger partial charge in [0.05, 0.1) is 12.0 Å². The Morgan fingerprint density at radius 1 is 1.07 bits per heavy atom. The Morgan fingerprint density at radius 2 is 1.76 bits per heavy atom. The first-order valence-corrected chi connectivity index (χ1v) is 11.9. The summed E-state index contributed by atoms with van der Waals surface area (Å²) in [5.74, 6) is -13.4. The van der Waals surface area contributed by atoms with Gasteiger partial charge in [-0.15, -0.1) is 0 Å². The van der Waals surface area contributed by atoms with E-state index in [2.05, 4.69) is 20.4 Å². The van der Waals surface area contributed by atoms with Crippen molar-refractivity contribution < 1.29 is 46.6 Å². The molecule has 0 radical (unpaired) electrons. The van der Waals surface area contributed by atoms with Crippen LogP contribution in [0, 0.1) is 23.3 Å².